The third kappa shape index (κ3) is 3.42. The van der Waals surface area contributed by atoms with Crippen LogP contribution in [0.4, 0.5) is 9.39 Å². The number of anilines is 1. The Morgan fingerprint density at radius 1 is 0.964 bits per heavy atom. The van der Waals surface area contributed by atoms with Crippen molar-refractivity contribution in [2.75, 3.05) is 5.32 Å². The van der Waals surface area contributed by atoms with Gasteiger partial charge in [-0.3, -0.25) is 9.59 Å². The van der Waals surface area contributed by atoms with Crippen molar-refractivity contribution in [2.45, 2.75) is 0 Å². The van der Waals surface area contributed by atoms with E-state index in [1.165, 1.54) is 29.5 Å². The van der Waals surface area contributed by atoms with Crippen molar-refractivity contribution in [1.29, 1.82) is 0 Å². The fourth-order valence-electron chi connectivity index (χ4n) is 2.95. The monoisotopic (exact) mass is 409 g/mol. The number of rotatable bonds is 3. The zero-order chi connectivity index (χ0) is 19.7. The van der Waals surface area contributed by atoms with Crippen LogP contribution >= 0.6 is 22.9 Å². The summed E-state index contributed by atoms with van der Waals surface area (Å²) in [5.74, 6) is -1.25. The first-order chi connectivity index (χ1) is 13.5. The van der Waals surface area contributed by atoms with Gasteiger partial charge in [0.15, 0.2) is 5.43 Å². The van der Waals surface area contributed by atoms with Crippen LogP contribution in [0.25, 0.3) is 21.2 Å². The summed E-state index contributed by atoms with van der Waals surface area (Å²) in [6, 6.07) is 19.7. The number of halogens is 2. The van der Waals surface area contributed by atoms with Gasteiger partial charge >= 0.3 is 0 Å². The van der Waals surface area contributed by atoms with Gasteiger partial charge in [-0.15, -0.1) is 11.3 Å². The summed E-state index contributed by atoms with van der Waals surface area (Å²) in [4.78, 5) is 25.8. The molecule has 0 fully saturated rings. The van der Waals surface area contributed by atoms with Crippen LogP contribution in [0.3, 0.4) is 0 Å². The van der Waals surface area contributed by atoms with Gasteiger partial charge in [0, 0.05) is 15.1 Å². The van der Waals surface area contributed by atoms with E-state index in [9.17, 15) is 14.0 Å². The predicted octanol–water partition coefficient (Wildman–Crippen LogP) is 5.97. The molecule has 0 atom stereocenters. The lowest BCUT2D eigenvalue weighted by Gasteiger charge is -2.12. The molecule has 6 heteroatoms. The van der Waals surface area contributed by atoms with E-state index in [1.54, 1.807) is 42.5 Å². The molecule has 0 spiro atoms. The summed E-state index contributed by atoms with van der Waals surface area (Å²) >= 11 is 7.36. The summed E-state index contributed by atoms with van der Waals surface area (Å²) in [6.45, 7) is 0. The van der Waals surface area contributed by atoms with Crippen molar-refractivity contribution in [3.63, 3.8) is 0 Å². The number of carbonyl (C=O) groups excluding carboxylic acids is 1. The van der Waals surface area contributed by atoms with Gasteiger partial charge in [-0.05, 0) is 42.0 Å². The first kappa shape index (κ1) is 18.3. The van der Waals surface area contributed by atoms with Crippen molar-refractivity contribution in [3.8, 4) is 11.1 Å². The number of fused-ring (bicyclic) bond motifs is 1. The van der Waals surface area contributed by atoms with Gasteiger partial charge in [-0.1, -0.05) is 48.0 Å². The summed E-state index contributed by atoms with van der Waals surface area (Å²) < 4.78 is 14.7. The molecule has 0 aliphatic heterocycles. The smallest absolute Gasteiger partial charge is 0.259 e. The second kappa shape index (κ2) is 7.54. The molecule has 0 bridgehead atoms. The number of hydrogen-bond donors (Lipinski definition) is 1. The van der Waals surface area contributed by atoms with Crippen molar-refractivity contribution in [2.24, 2.45) is 0 Å². The van der Waals surface area contributed by atoms with Gasteiger partial charge in [0.1, 0.15) is 10.8 Å². The zero-order valence-electron chi connectivity index (χ0n) is 14.4. The van der Waals surface area contributed by atoms with Crippen LogP contribution in [0, 0.1) is 5.82 Å². The van der Waals surface area contributed by atoms with E-state index in [0.717, 1.165) is 4.70 Å². The lowest BCUT2D eigenvalue weighted by atomic mass is 10.1. The summed E-state index contributed by atoms with van der Waals surface area (Å²) in [7, 11) is 0. The number of amides is 1. The Labute approximate surface area is 169 Å². The third-order valence-electron chi connectivity index (χ3n) is 4.26. The molecule has 1 amide bonds. The lowest BCUT2D eigenvalue weighted by Crippen LogP contribution is -2.16. The van der Waals surface area contributed by atoms with Crippen LogP contribution < -0.4 is 10.7 Å². The maximum atomic E-state index is 14.0. The highest BCUT2D eigenvalue weighted by Gasteiger charge is 2.19. The van der Waals surface area contributed by atoms with E-state index in [1.807, 2.05) is 12.1 Å². The normalized spacial score (nSPS) is 10.8. The number of benzene rings is 3. The van der Waals surface area contributed by atoms with Gasteiger partial charge in [-0.2, -0.15) is 0 Å². The van der Waals surface area contributed by atoms with Crippen LogP contribution in [0.2, 0.25) is 5.02 Å². The molecule has 0 aliphatic rings. The van der Waals surface area contributed by atoms with Crippen LogP contribution in [-0.2, 0) is 0 Å². The highest BCUT2D eigenvalue weighted by molar-refractivity contribution is 7.22. The first-order valence-corrected chi connectivity index (χ1v) is 9.61. The Kier molecular flexibility index (Phi) is 4.94. The van der Waals surface area contributed by atoms with Gasteiger partial charge in [0.25, 0.3) is 5.91 Å². The molecule has 28 heavy (non-hydrogen) atoms. The molecule has 0 radical (unpaired) electrons. The minimum absolute atomic E-state index is 0.0904. The Balaban J connectivity index is 1.92. The number of hydrogen-bond acceptors (Lipinski definition) is 3. The molecule has 0 saturated heterocycles. The molecule has 4 aromatic rings. The van der Waals surface area contributed by atoms with Crippen LogP contribution in [0.1, 0.15) is 10.4 Å². The summed E-state index contributed by atoms with van der Waals surface area (Å²) in [5.41, 5.74) is 0.604. The minimum atomic E-state index is -0.627. The largest absolute Gasteiger partial charge is 0.313 e. The van der Waals surface area contributed by atoms with Crippen molar-refractivity contribution in [3.05, 3.63) is 99.4 Å². The molecular weight excluding hydrogens is 397 g/mol. The Hall–Kier alpha value is -3.02. The van der Waals surface area contributed by atoms with Crippen LogP contribution in [-0.4, -0.2) is 5.91 Å². The summed E-state index contributed by atoms with van der Waals surface area (Å²) in [5, 5.41) is 4.08. The van der Waals surface area contributed by atoms with Crippen molar-refractivity contribution in [1.82, 2.24) is 0 Å². The fraction of sp³-hybridized carbons (Fsp3) is 0. The minimum Gasteiger partial charge on any atom is -0.313 e. The van der Waals surface area contributed by atoms with Gasteiger partial charge in [0.05, 0.1) is 11.1 Å². The Morgan fingerprint density at radius 2 is 1.71 bits per heavy atom. The predicted molar refractivity (Wildman–Crippen MR) is 113 cm³/mol. The van der Waals surface area contributed by atoms with E-state index in [4.69, 9.17) is 11.6 Å². The van der Waals surface area contributed by atoms with Crippen LogP contribution in [0.15, 0.2) is 77.6 Å². The Morgan fingerprint density at radius 3 is 2.50 bits per heavy atom. The quantitative estimate of drug-likeness (QED) is 0.453. The average Bonchev–Trinajstić information content (AvgIpc) is 2.68. The first-order valence-electron chi connectivity index (χ1n) is 8.42. The van der Waals surface area contributed by atoms with E-state index in [-0.39, 0.29) is 11.0 Å². The third-order valence-corrected chi connectivity index (χ3v) is 5.58. The van der Waals surface area contributed by atoms with Gasteiger partial charge < -0.3 is 5.32 Å². The molecule has 4 rings (SSSR count). The zero-order valence-corrected chi connectivity index (χ0v) is 16.0. The highest BCUT2D eigenvalue weighted by Crippen LogP contribution is 2.34. The molecule has 0 unspecified atom stereocenters. The number of carbonyl (C=O) groups is 1. The molecule has 1 heterocycles. The van der Waals surface area contributed by atoms with E-state index < -0.39 is 11.7 Å². The van der Waals surface area contributed by atoms with E-state index in [0.29, 0.717) is 26.5 Å². The second-order valence-corrected chi connectivity index (χ2v) is 7.56. The second-order valence-electron chi connectivity index (χ2n) is 6.08. The molecule has 1 N–H and O–H groups in total. The maximum Gasteiger partial charge on any atom is 0.259 e. The van der Waals surface area contributed by atoms with Gasteiger partial charge in [0.2, 0.25) is 0 Å². The van der Waals surface area contributed by atoms with Gasteiger partial charge in [-0.25, -0.2) is 4.39 Å². The number of nitrogens with one attached hydrogen (secondary N) is 1. The van der Waals surface area contributed by atoms with E-state index in [2.05, 4.69) is 5.32 Å². The molecule has 3 aromatic carbocycles. The standard InChI is InChI=1S/C22H13ClFNO2S/c23-14-7-5-6-13(12-14)19-20(26)16-9-2-4-11-18(16)28-22(19)25-21(27)15-8-1-3-10-17(15)24/h1-12H,(H,25,27). The molecule has 0 aliphatic carbocycles. The van der Waals surface area contributed by atoms with Crippen LogP contribution in [0.5, 0.6) is 0 Å². The average molecular weight is 410 g/mol. The van der Waals surface area contributed by atoms with E-state index >= 15 is 0 Å². The Bertz CT molecular complexity index is 1270. The van der Waals surface area contributed by atoms with Crippen molar-refractivity contribution < 1.29 is 9.18 Å². The lowest BCUT2D eigenvalue weighted by molar-refractivity contribution is 0.102. The molecule has 3 nitrogen and oxygen atoms in total. The molecule has 0 saturated carbocycles. The SMILES string of the molecule is O=C(Nc1sc2ccccc2c(=O)c1-c1cccc(Cl)c1)c1ccccc1F. The van der Waals surface area contributed by atoms with Crippen molar-refractivity contribution >= 4 is 43.9 Å². The molecule has 1 aromatic heterocycles. The molecular formula is C22H13ClFNO2S. The fourth-order valence-corrected chi connectivity index (χ4v) is 4.24. The molecule has 138 valence electrons. The topological polar surface area (TPSA) is 46.2 Å². The highest BCUT2D eigenvalue weighted by atomic mass is 35.5. The summed E-state index contributed by atoms with van der Waals surface area (Å²) in [6.07, 6.45) is 0. The maximum absolute atomic E-state index is 14.0.